The summed E-state index contributed by atoms with van der Waals surface area (Å²) in [5.74, 6) is -0.818. The molecule has 1 aliphatic heterocycles. The van der Waals surface area contributed by atoms with Crippen molar-refractivity contribution in [2.75, 3.05) is 11.5 Å². The highest BCUT2D eigenvalue weighted by molar-refractivity contribution is 7.98. The maximum Gasteiger partial charge on any atom is 0.176 e. The second-order valence-corrected chi connectivity index (χ2v) is 17.8. The predicted octanol–water partition coefficient (Wildman–Crippen LogP) is 6.02. The molecular formula is C33H42O5S2. The number of fused-ring (bicyclic) bond motifs is 3. The molecule has 2 aromatic carbocycles. The molecule has 0 saturated heterocycles. The van der Waals surface area contributed by atoms with Crippen LogP contribution in [-0.2, 0) is 24.4 Å². The molecule has 0 unspecified atom stereocenters. The van der Waals surface area contributed by atoms with Crippen molar-refractivity contribution in [2.45, 2.75) is 83.5 Å². The van der Waals surface area contributed by atoms with Crippen molar-refractivity contribution in [1.82, 2.24) is 0 Å². The molecule has 6 rings (SSSR count). The van der Waals surface area contributed by atoms with Crippen molar-refractivity contribution in [3.05, 3.63) is 81.3 Å². The van der Waals surface area contributed by atoms with Gasteiger partial charge in [-0.15, -0.1) is 0 Å². The van der Waals surface area contributed by atoms with Crippen molar-refractivity contribution in [3.8, 4) is 0 Å². The molecule has 7 heteroatoms. The standard InChI is InChI=1S/C33H42O5S2/c1-22-9-13-24(14-10-22)33(25-15-11-23(2)12-16-25)28-8-6-5-7-27(28)29(20-40(33,37)38)39(35,36)21-32-18-17-26(19-30(32)34)31(32,3)4/h9-16,26,28,30,34H,5-8,17-21H2,1-4H3/t26-,28-,30-,32-/m1/s1. The van der Waals surface area contributed by atoms with Crippen LogP contribution in [0.4, 0.5) is 0 Å². The summed E-state index contributed by atoms with van der Waals surface area (Å²) in [5.41, 5.74) is 3.28. The van der Waals surface area contributed by atoms with Crippen molar-refractivity contribution in [2.24, 2.45) is 22.7 Å². The number of allylic oxidation sites excluding steroid dienone is 1. The van der Waals surface area contributed by atoms with Crippen LogP contribution in [0.25, 0.3) is 0 Å². The van der Waals surface area contributed by atoms with E-state index in [-0.39, 0.29) is 16.1 Å². The van der Waals surface area contributed by atoms with Crippen LogP contribution in [0, 0.1) is 36.5 Å². The Bertz CT molecular complexity index is 1520. The summed E-state index contributed by atoms with van der Waals surface area (Å²) in [6, 6.07) is 15.5. The first-order chi connectivity index (χ1) is 18.8. The van der Waals surface area contributed by atoms with Crippen LogP contribution in [0.15, 0.2) is 59.0 Å². The predicted molar refractivity (Wildman–Crippen MR) is 159 cm³/mol. The summed E-state index contributed by atoms with van der Waals surface area (Å²) in [4.78, 5) is 0.125. The first kappa shape index (κ1) is 28.2. The number of benzene rings is 2. The number of aryl methyl sites for hydroxylation is 2. The zero-order chi connectivity index (χ0) is 28.7. The van der Waals surface area contributed by atoms with E-state index < -0.39 is 47.6 Å². The number of hydrogen-bond acceptors (Lipinski definition) is 5. The van der Waals surface area contributed by atoms with Gasteiger partial charge in [0, 0.05) is 11.3 Å². The van der Waals surface area contributed by atoms with E-state index in [1.54, 1.807) is 0 Å². The monoisotopic (exact) mass is 582 g/mol. The molecule has 0 aromatic heterocycles. The molecule has 1 heterocycles. The number of aliphatic hydroxyl groups excluding tert-OH is 1. The highest BCUT2D eigenvalue weighted by atomic mass is 32.2. The Morgan fingerprint density at radius 3 is 1.98 bits per heavy atom. The van der Waals surface area contributed by atoms with E-state index >= 15 is 0 Å². The molecule has 2 bridgehead atoms. The van der Waals surface area contributed by atoms with Gasteiger partial charge in [-0.3, -0.25) is 0 Å². The fraction of sp³-hybridized carbons (Fsp3) is 0.576. The molecule has 2 aromatic rings. The van der Waals surface area contributed by atoms with Crippen molar-refractivity contribution >= 4 is 19.7 Å². The highest BCUT2D eigenvalue weighted by Crippen LogP contribution is 2.67. The normalized spacial score (nSPS) is 32.2. The Morgan fingerprint density at radius 2 is 1.48 bits per heavy atom. The van der Waals surface area contributed by atoms with E-state index in [1.807, 2.05) is 62.4 Å². The van der Waals surface area contributed by atoms with Crippen LogP contribution in [0.2, 0.25) is 0 Å². The van der Waals surface area contributed by atoms with Gasteiger partial charge in [0.2, 0.25) is 0 Å². The lowest BCUT2D eigenvalue weighted by Crippen LogP contribution is -2.52. The van der Waals surface area contributed by atoms with Crippen LogP contribution < -0.4 is 0 Å². The quantitative estimate of drug-likeness (QED) is 0.466. The molecular weight excluding hydrogens is 540 g/mol. The third-order valence-electron chi connectivity index (χ3n) is 11.4. The number of rotatable bonds is 5. The average molecular weight is 583 g/mol. The van der Waals surface area contributed by atoms with Gasteiger partial charge in [0.1, 0.15) is 4.75 Å². The maximum atomic E-state index is 14.8. The molecule has 4 aliphatic rings. The van der Waals surface area contributed by atoms with E-state index in [1.165, 1.54) is 0 Å². The van der Waals surface area contributed by atoms with E-state index in [9.17, 15) is 21.9 Å². The van der Waals surface area contributed by atoms with Crippen LogP contribution >= 0.6 is 0 Å². The Kier molecular flexibility index (Phi) is 6.53. The molecule has 3 saturated carbocycles. The first-order valence-electron chi connectivity index (χ1n) is 14.8. The maximum absolute atomic E-state index is 14.8. The summed E-state index contributed by atoms with van der Waals surface area (Å²) < 4.78 is 57.2. The molecule has 3 aliphatic carbocycles. The minimum absolute atomic E-state index is 0.125. The second-order valence-electron chi connectivity index (χ2n) is 13.6. The minimum Gasteiger partial charge on any atom is -0.392 e. The largest absolute Gasteiger partial charge is 0.392 e. The lowest BCUT2D eigenvalue weighted by molar-refractivity contribution is 0.0154. The summed E-state index contributed by atoms with van der Waals surface area (Å²) in [6.45, 7) is 8.16. The second kappa shape index (κ2) is 9.27. The van der Waals surface area contributed by atoms with Gasteiger partial charge in [-0.2, -0.15) is 0 Å². The van der Waals surface area contributed by atoms with Crippen molar-refractivity contribution in [1.29, 1.82) is 0 Å². The molecule has 40 heavy (non-hydrogen) atoms. The third-order valence-corrected chi connectivity index (χ3v) is 16.1. The van der Waals surface area contributed by atoms with Crippen LogP contribution in [0.3, 0.4) is 0 Å². The molecule has 3 fully saturated rings. The topological polar surface area (TPSA) is 88.5 Å². The molecule has 0 radical (unpaired) electrons. The molecule has 5 nitrogen and oxygen atoms in total. The van der Waals surface area contributed by atoms with Crippen LogP contribution in [0.5, 0.6) is 0 Å². The van der Waals surface area contributed by atoms with E-state index in [4.69, 9.17) is 0 Å². The highest BCUT2D eigenvalue weighted by Gasteiger charge is 2.66. The molecule has 0 spiro atoms. The summed E-state index contributed by atoms with van der Waals surface area (Å²) in [6.07, 6.45) is 4.45. The van der Waals surface area contributed by atoms with Crippen molar-refractivity contribution in [3.63, 3.8) is 0 Å². The Morgan fingerprint density at radius 1 is 0.900 bits per heavy atom. The molecule has 0 amide bonds. The van der Waals surface area contributed by atoms with Gasteiger partial charge in [0.05, 0.1) is 22.5 Å². The Labute approximate surface area is 239 Å². The van der Waals surface area contributed by atoms with Gasteiger partial charge >= 0.3 is 0 Å². The van der Waals surface area contributed by atoms with Gasteiger partial charge in [-0.1, -0.05) is 79.9 Å². The Hall–Kier alpha value is -1.96. The van der Waals surface area contributed by atoms with Crippen LogP contribution in [-0.4, -0.2) is 39.6 Å². The summed E-state index contributed by atoms with van der Waals surface area (Å²) in [7, 11) is -7.95. The Balaban J connectivity index is 1.56. The summed E-state index contributed by atoms with van der Waals surface area (Å²) in [5, 5.41) is 11.1. The van der Waals surface area contributed by atoms with E-state index in [2.05, 4.69) is 13.8 Å². The fourth-order valence-electron chi connectivity index (χ4n) is 9.02. The zero-order valence-electron chi connectivity index (χ0n) is 24.1. The van der Waals surface area contributed by atoms with Crippen LogP contribution in [0.1, 0.15) is 81.0 Å². The number of sulfone groups is 2. The lowest BCUT2D eigenvalue weighted by Gasteiger charge is -2.48. The average Bonchev–Trinajstić information content (AvgIpc) is 3.24. The van der Waals surface area contributed by atoms with Gasteiger partial charge in [-0.05, 0) is 80.4 Å². The van der Waals surface area contributed by atoms with Crippen molar-refractivity contribution < 1.29 is 21.9 Å². The van der Waals surface area contributed by atoms with E-state index in [0.29, 0.717) is 42.7 Å². The van der Waals surface area contributed by atoms with Gasteiger partial charge in [-0.25, -0.2) is 16.8 Å². The molecule has 216 valence electrons. The SMILES string of the molecule is Cc1ccc(C2(c3ccc(C)cc3)[C@@H]3CCCCC3=C(S(=O)(=O)C[C@]34CC[C@H](C[C@H]3O)C4(C)C)CS2(=O)=O)cc1. The fourth-order valence-corrected chi connectivity index (χ4v) is 14.8. The lowest BCUT2D eigenvalue weighted by atomic mass is 9.69. The van der Waals surface area contributed by atoms with Gasteiger partial charge in [0.15, 0.2) is 19.7 Å². The zero-order valence-corrected chi connectivity index (χ0v) is 25.7. The number of aliphatic hydroxyl groups is 1. The molecule has 4 atom stereocenters. The van der Waals surface area contributed by atoms with Gasteiger partial charge < -0.3 is 5.11 Å². The molecule has 1 N–H and O–H groups in total. The minimum atomic E-state index is -4.01. The summed E-state index contributed by atoms with van der Waals surface area (Å²) >= 11 is 0. The van der Waals surface area contributed by atoms with E-state index in [0.717, 1.165) is 36.0 Å². The van der Waals surface area contributed by atoms with Gasteiger partial charge in [0.25, 0.3) is 0 Å². The smallest absolute Gasteiger partial charge is 0.176 e. The third kappa shape index (κ3) is 3.79. The first-order valence-corrected chi connectivity index (χ1v) is 18.1. The number of hydrogen-bond donors (Lipinski definition) is 1.